The molecule has 0 unspecified atom stereocenters. The summed E-state index contributed by atoms with van der Waals surface area (Å²) >= 11 is 0. The molecule has 0 saturated heterocycles. The Balaban J connectivity index is 1.07. The van der Waals surface area contributed by atoms with Gasteiger partial charge in [0.2, 0.25) is 0 Å². The Labute approximate surface area is 295 Å². The number of benzene rings is 8. The van der Waals surface area contributed by atoms with Gasteiger partial charge in [0.15, 0.2) is 0 Å². The molecule has 1 aliphatic carbocycles. The zero-order valence-electron chi connectivity index (χ0n) is 28.4. The van der Waals surface area contributed by atoms with Gasteiger partial charge in [0.25, 0.3) is 0 Å². The summed E-state index contributed by atoms with van der Waals surface area (Å²) in [5.74, 6) is 0. The van der Waals surface area contributed by atoms with Gasteiger partial charge in [-0.15, -0.1) is 0 Å². The van der Waals surface area contributed by atoms with Gasteiger partial charge in [-0.25, -0.2) is 0 Å². The highest BCUT2D eigenvalue weighted by molar-refractivity contribution is 6.13. The van der Waals surface area contributed by atoms with Crippen LogP contribution < -0.4 is 4.90 Å². The van der Waals surface area contributed by atoms with Crippen molar-refractivity contribution < 1.29 is 0 Å². The molecule has 0 N–H and O–H groups in total. The first-order chi connectivity index (χ1) is 24.7. The summed E-state index contributed by atoms with van der Waals surface area (Å²) in [6.07, 6.45) is 4.91. The van der Waals surface area contributed by atoms with Crippen LogP contribution in [0.3, 0.4) is 0 Å². The number of fused-ring (bicyclic) bond motifs is 4. The molecule has 1 heteroatoms. The molecule has 0 aliphatic heterocycles. The molecule has 0 fully saturated rings. The molecule has 0 heterocycles. The molecule has 9 rings (SSSR count). The minimum atomic E-state index is 1.16. The van der Waals surface area contributed by atoms with Crippen molar-refractivity contribution in [3.8, 4) is 33.4 Å². The third-order valence-corrected chi connectivity index (χ3v) is 10.6. The van der Waals surface area contributed by atoms with E-state index in [0.717, 1.165) is 6.42 Å². The van der Waals surface area contributed by atoms with E-state index in [2.05, 4.69) is 182 Å². The highest BCUT2D eigenvalue weighted by Crippen LogP contribution is 2.41. The van der Waals surface area contributed by atoms with Crippen LogP contribution in [0.15, 0.2) is 170 Å². The van der Waals surface area contributed by atoms with Gasteiger partial charge in [-0.3, -0.25) is 0 Å². The molecule has 8 aromatic rings. The summed E-state index contributed by atoms with van der Waals surface area (Å²) in [5.41, 5.74) is 15.3. The predicted octanol–water partition coefficient (Wildman–Crippen LogP) is 13.7. The maximum atomic E-state index is 2.46. The first-order valence-corrected chi connectivity index (χ1v) is 17.9. The number of aryl methyl sites for hydroxylation is 3. The number of hydrogen-bond acceptors (Lipinski definition) is 1. The molecule has 0 aromatic heterocycles. The van der Waals surface area contributed by atoms with E-state index in [-0.39, 0.29) is 0 Å². The maximum absolute atomic E-state index is 2.46. The third-order valence-electron chi connectivity index (χ3n) is 10.6. The van der Waals surface area contributed by atoms with Crippen LogP contribution in [-0.4, -0.2) is 0 Å². The average Bonchev–Trinajstić information content (AvgIpc) is 3.19. The van der Waals surface area contributed by atoms with Crippen molar-refractivity contribution in [2.75, 3.05) is 4.90 Å². The van der Waals surface area contributed by atoms with Crippen molar-refractivity contribution in [3.63, 3.8) is 0 Å². The third kappa shape index (κ3) is 5.55. The number of hydrogen-bond donors (Lipinski definition) is 0. The fraction of sp³-hybridized carbons (Fsp3) is 0.102. The van der Waals surface area contributed by atoms with Gasteiger partial charge in [-0.2, -0.15) is 0 Å². The number of nitrogens with zero attached hydrogens (tertiary/aromatic N) is 1. The number of anilines is 3. The van der Waals surface area contributed by atoms with E-state index in [9.17, 15) is 0 Å². The molecular weight excluding hydrogens is 603 g/mol. The molecular formula is C49H39N. The molecule has 0 atom stereocenters. The molecule has 1 aliphatic rings. The second kappa shape index (κ2) is 12.8. The van der Waals surface area contributed by atoms with Crippen LogP contribution in [0.5, 0.6) is 0 Å². The summed E-state index contributed by atoms with van der Waals surface area (Å²) in [7, 11) is 0. The largest absolute Gasteiger partial charge is 0.310 e. The maximum Gasteiger partial charge on any atom is 0.0493 e. The van der Waals surface area contributed by atoms with Crippen molar-refractivity contribution >= 4 is 38.6 Å². The van der Waals surface area contributed by atoms with E-state index in [4.69, 9.17) is 0 Å². The first-order valence-electron chi connectivity index (χ1n) is 17.9. The lowest BCUT2D eigenvalue weighted by atomic mass is 9.89. The lowest BCUT2D eigenvalue weighted by Gasteiger charge is -2.29. The smallest absolute Gasteiger partial charge is 0.0493 e. The van der Waals surface area contributed by atoms with E-state index in [0.29, 0.717) is 0 Å². The predicted molar refractivity (Wildman–Crippen MR) is 214 cm³/mol. The monoisotopic (exact) mass is 641 g/mol. The van der Waals surface area contributed by atoms with E-state index in [1.54, 1.807) is 0 Å². The van der Waals surface area contributed by atoms with Gasteiger partial charge < -0.3 is 4.90 Å². The SMILES string of the molecule is Cc1cc2c(cc1N(c1ccc(-c3ccccc3)cc1)c1ccc(-c3ccc(-c4cc5ccccc5c5ccccc45)cc3)cc1)CCCC2. The van der Waals surface area contributed by atoms with E-state index in [1.165, 1.54) is 108 Å². The standard InChI is InChI=1S/C49H39N/c1-34-31-40-13-5-6-14-41(40)33-49(34)50(43-27-23-37(24-28-43)35-11-3-2-4-12-35)44-29-25-38(26-30-44)36-19-21-39(22-20-36)48-32-42-15-7-8-16-45(42)46-17-9-10-18-47(46)48/h2-4,7-12,15-33H,5-6,13-14H2,1H3. The van der Waals surface area contributed by atoms with Crippen LogP contribution in [0, 0.1) is 6.92 Å². The Morgan fingerprint density at radius 2 is 0.880 bits per heavy atom. The lowest BCUT2D eigenvalue weighted by molar-refractivity contribution is 0.685. The van der Waals surface area contributed by atoms with Crippen LogP contribution in [0.4, 0.5) is 17.1 Å². The van der Waals surface area contributed by atoms with Gasteiger partial charge in [-0.1, -0.05) is 133 Å². The zero-order valence-corrected chi connectivity index (χ0v) is 28.4. The summed E-state index contributed by atoms with van der Waals surface area (Å²) < 4.78 is 0. The molecule has 0 radical (unpaired) electrons. The Bertz CT molecular complexity index is 2460. The van der Waals surface area contributed by atoms with Gasteiger partial charge in [-0.05, 0) is 141 Å². The van der Waals surface area contributed by atoms with Crippen LogP contribution in [0.2, 0.25) is 0 Å². The van der Waals surface area contributed by atoms with Crippen molar-refractivity contribution in [2.45, 2.75) is 32.6 Å². The van der Waals surface area contributed by atoms with Crippen LogP contribution >= 0.6 is 0 Å². The van der Waals surface area contributed by atoms with Gasteiger partial charge in [0, 0.05) is 17.1 Å². The molecule has 0 spiro atoms. The normalized spacial score (nSPS) is 12.6. The number of rotatable bonds is 6. The minimum absolute atomic E-state index is 1.16. The Morgan fingerprint density at radius 3 is 1.52 bits per heavy atom. The minimum Gasteiger partial charge on any atom is -0.310 e. The Kier molecular flexibility index (Phi) is 7.75. The fourth-order valence-corrected chi connectivity index (χ4v) is 7.94. The average molecular weight is 642 g/mol. The van der Waals surface area contributed by atoms with Gasteiger partial charge in [0.05, 0.1) is 0 Å². The molecule has 0 saturated carbocycles. The van der Waals surface area contributed by atoms with Crippen LogP contribution in [0.1, 0.15) is 29.5 Å². The van der Waals surface area contributed by atoms with Crippen molar-refractivity contribution in [1.82, 2.24) is 0 Å². The van der Waals surface area contributed by atoms with E-state index in [1.807, 2.05) is 0 Å². The summed E-state index contributed by atoms with van der Waals surface area (Å²) in [6, 6.07) is 62.5. The van der Waals surface area contributed by atoms with Gasteiger partial charge >= 0.3 is 0 Å². The second-order valence-electron chi connectivity index (χ2n) is 13.7. The van der Waals surface area contributed by atoms with Crippen LogP contribution in [0.25, 0.3) is 54.9 Å². The molecule has 1 nitrogen and oxygen atoms in total. The summed E-state index contributed by atoms with van der Waals surface area (Å²) in [6.45, 7) is 2.27. The summed E-state index contributed by atoms with van der Waals surface area (Å²) in [5, 5.41) is 5.16. The molecule has 0 amide bonds. The second-order valence-corrected chi connectivity index (χ2v) is 13.7. The zero-order chi connectivity index (χ0) is 33.4. The Morgan fingerprint density at radius 1 is 0.400 bits per heavy atom. The van der Waals surface area contributed by atoms with E-state index < -0.39 is 0 Å². The van der Waals surface area contributed by atoms with Crippen molar-refractivity contribution in [3.05, 3.63) is 187 Å². The van der Waals surface area contributed by atoms with E-state index >= 15 is 0 Å². The quantitative estimate of drug-likeness (QED) is 0.163. The first kappa shape index (κ1) is 30.2. The van der Waals surface area contributed by atoms with Crippen molar-refractivity contribution in [1.29, 1.82) is 0 Å². The summed E-state index contributed by atoms with van der Waals surface area (Å²) in [4.78, 5) is 2.44. The highest BCUT2D eigenvalue weighted by atomic mass is 15.1. The van der Waals surface area contributed by atoms with Crippen LogP contribution in [-0.2, 0) is 12.8 Å². The lowest BCUT2D eigenvalue weighted by Crippen LogP contribution is -2.13. The molecule has 8 aromatic carbocycles. The van der Waals surface area contributed by atoms with Crippen molar-refractivity contribution in [2.24, 2.45) is 0 Å². The van der Waals surface area contributed by atoms with Gasteiger partial charge in [0.1, 0.15) is 0 Å². The molecule has 0 bridgehead atoms. The molecule has 50 heavy (non-hydrogen) atoms. The fourth-order valence-electron chi connectivity index (χ4n) is 7.94. The Hall–Kier alpha value is -5.92. The topological polar surface area (TPSA) is 3.24 Å². The molecule has 240 valence electrons. The highest BCUT2D eigenvalue weighted by Gasteiger charge is 2.19.